The topological polar surface area (TPSA) is 89.7 Å². The molecule has 6 nitrogen and oxygen atoms in total. The first-order valence-electron chi connectivity index (χ1n) is 4.44. The monoisotopic (exact) mass is 205 g/mol. The highest BCUT2D eigenvalue weighted by molar-refractivity contribution is 5.28. The van der Waals surface area contributed by atoms with Gasteiger partial charge in [0.2, 0.25) is 17.7 Å². The first-order valence-corrected chi connectivity index (χ1v) is 4.44. The van der Waals surface area contributed by atoms with E-state index in [0.717, 1.165) is 11.4 Å². The molecule has 2 rings (SSSR count). The maximum Gasteiger partial charge on any atom is 0.240 e. The lowest BCUT2D eigenvalue weighted by atomic mass is 10.4. The second-order valence-corrected chi connectivity index (χ2v) is 3.20. The summed E-state index contributed by atoms with van der Waals surface area (Å²) in [6, 6.07) is 3.47. The van der Waals surface area contributed by atoms with Gasteiger partial charge in [-0.2, -0.15) is 4.98 Å². The molecule has 2 heterocycles. The van der Waals surface area contributed by atoms with Crippen LogP contribution in [0.2, 0.25) is 0 Å². The molecule has 0 aromatic carbocycles. The Morgan fingerprint density at radius 1 is 1.20 bits per heavy atom. The summed E-state index contributed by atoms with van der Waals surface area (Å²) in [5.41, 5.74) is 7.16. The highest BCUT2D eigenvalue weighted by atomic mass is 16.5. The number of H-pyrrole nitrogens is 1. The van der Waals surface area contributed by atoms with Crippen molar-refractivity contribution in [3.05, 3.63) is 23.5 Å². The van der Waals surface area contributed by atoms with E-state index in [2.05, 4.69) is 20.2 Å². The highest BCUT2D eigenvalue weighted by Crippen LogP contribution is 2.18. The molecule has 0 atom stereocenters. The van der Waals surface area contributed by atoms with E-state index in [1.807, 2.05) is 13.8 Å². The van der Waals surface area contributed by atoms with Gasteiger partial charge < -0.3 is 10.5 Å². The quantitative estimate of drug-likeness (QED) is 0.768. The fraction of sp³-hybridized carbons (Fsp3) is 0.222. The minimum atomic E-state index is 0.192. The van der Waals surface area contributed by atoms with Crippen LogP contribution >= 0.6 is 0 Å². The van der Waals surface area contributed by atoms with Gasteiger partial charge in [-0.05, 0) is 13.8 Å². The number of nitrogens with two attached hydrogens (primary N) is 1. The maximum atomic E-state index is 5.49. The minimum absolute atomic E-state index is 0.192. The second-order valence-electron chi connectivity index (χ2n) is 3.20. The van der Waals surface area contributed by atoms with Crippen LogP contribution in [-0.4, -0.2) is 20.2 Å². The van der Waals surface area contributed by atoms with Gasteiger partial charge >= 0.3 is 0 Å². The number of hydrogen-bond donors (Lipinski definition) is 2. The molecule has 3 N–H and O–H groups in total. The average Bonchev–Trinajstić information content (AvgIpc) is 2.49. The van der Waals surface area contributed by atoms with E-state index in [9.17, 15) is 0 Å². The molecule has 0 saturated heterocycles. The van der Waals surface area contributed by atoms with Gasteiger partial charge in [0.1, 0.15) is 0 Å². The number of hydrogen-bond acceptors (Lipinski definition) is 5. The molecular weight excluding hydrogens is 194 g/mol. The van der Waals surface area contributed by atoms with Gasteiger partial charge in [0.05, 0.1) is 0 Å². The Bertz CT molecular complexity index is 459. The van der Waals surface area contributed by atoms with Gasteiger partial charge in [0.15, 0.2) is 0 Å². The Kier molecular flexibility index (Phi) is 2.24. The number of nitrogens with one attached hydrogen (secondary N) is 1. The molecule has 0 spiro atoms. The van der Waals surface area contributed by atoms with Crippen molar-refractivity contribution in [2.45, 2.75) is 13.8 Å². The Hall–Kier alpha value is -2.11. The van der Waals surface area contributed by atoms with Crippen molar-refractivity contribution in [3.63, 3.8) is 0 Å². The van der Waals surface area contributed by atoms with Crippen LogP contribution in [0, 0.1) is 13.8 Å². The van der Waals surface area contributed by atoms with Gasteiger partial charge in [0, 0.05) is 23.5 Å². The van der Waals surface area contributed by atoms with E-state index in [4.69, 9.17) is 10.5 Å². The summed E-state index contributed by atoms with van der Waals surface area (Å²) in [5.74, 6) is 1.05. The summed E-state index contributed by atoms with van der Waals surface area (Å²) in [6.07, 6.45) is 0. The van der Waals surface area contributed by atoms with Crippen LogP contribution in [0.5, 0.6) is 11.8 Å². The first kappa shape index (κ1) is 9.45. The normalized spacial score (nSPS) is 10.3. The zero-order chi connectivity index (χ0) is 10.8. The summed E-state index contributed by atoms with van der Waals surface area (Å²) in [7, 11) is 0. The fourth-order valence-electron chi connectivity index (χ4n) is 1.17. The predicted octanol–water partition coefficient (Wildman–Crippen LogP) is 1.19. The first-order chi connectivity index (χ1) is 7.13. The van der Waals surface area contributed by atoms with Crippen molar-refractivity contribution in [1.29, 1.82) is 0 Å². The molecule has 0 amide bonds. The SMILES string of the molecule is Cc1cc(Oc2cc(C)[nH]n2)nc(N)n1. The number of nitrogen functional groups attached to an aromatic ring is 1. The standard InChI is InChI=1S/C9H11N5O/c1-5-3-7(12-9(10)11-5)15-8-4-6(2)13-14-8/h3-4H,1-2H3,(H,13,14)(H2,10,11,12). The lowest BCUT2D eigenvalue weighted by molar-refractivity contribution is 0.442. The van der Waals surface area contributed by atoms with E-state index in [1.54, 1.807) is 12.1 Å². The third-order valence-corrected chi connectivity index (χ3v) is 1.74. The van der Waals surface area contributed by atoms with E-state index in [0.29, 0.717) is 11.8 Å². The lowest BCUT2D eigenvalue weighted by Gasteiger charge is -2.02. The molecule has 0 unspecified atom stereocenters. The zero-order valence-corrected chi connectivity index (χ0v) is 8.48. The lowest BCUT2D eigenvalue weighted by Crippen LogP contribution is -1.98. The molecule has 15 heavy (non-hydrogen) atoms. The van der Waals surface area contributed by atoms with Crippen LogP contribution in [0.25, 0.3) is 0 Å². The molecule has 0 bridgehead atoms. The van der Waals surface area contributed by atoms with Crippen molar-refractivity contribution >= 4 is 5.95 Å². The van der Waals surface area contributed by atoms with Crippen molar-refractivity contribution in [2.75, 3.05) is 5.73 Å². The molecule has 0 aliphatic heterocycles. The van der Waals surface area contributed by atoms with E-state index >= 15 is 0 Å². The largest absolute Gasteiger partial charge is 0.419 e. The number of aromatic nitrogens is 4. The molecule has 78 valence electrons. The Labute approximate surface area is 86.5 Å². The van der Waals surface area contributed by atoms with Crippen molar-refractivity contribution in [1.82, 2.24) is 20.2 Å². The average molecular weight is 205 g/mol. The molecule has 0 aliphatic carbocycles. The van der Waals surface area contributed by atoms with Crippen LogP contribution in [0.3, 0.4) is 0 Å². The van der Waals surface area contributed by atoms with Gasteiger partial charge in [0.25, 0.3) is 0 Å². The van der Waals surface area contributed by atoms with Gasteiger partial charge in [-0.15, -0.1) is 5.10 Å². The molecule has 6 heteroatoms. The molecule has 0 aliphatic rings. The van der Waals surface area contributed by atoms with Crippen molar-refractivity contribution < 1.29 is 4.74 Å². The van der Waals surface area contributed by atoms with Crippen LogP contribution in [0.1, 0.15) is 11.4 Å². The Morgan fingerprint density at radius 2 is 2.00 bits per heavy atom. The molecule has 0 radical (unpaired) electrons. The molecule has 2 aromatic rings. The predicted molar refractivity (Wildman–Crippen MR) is 54.6 cm³/mol. The Balaban J connectivity index is 2.24. The van der Waals surface area contributed by atoms with E-state index in [1.165, 1.54) is 0 Å². The smallest absolute Gasteiger partial charge is 0.240 e. The maximum absolute atomic E-state index is 5.49. The number of aryl methyl sites for hydroxylation is 2. The summed E-state index contributed by atoms with van der Waals surface area (Å²) < 4.78 is 5.39. The highest BCUT2D eigenvalue weighted by Gasteiger charge is 2.04. The van der Waals surface area contributed by atoms with Gasteiger partial charge in [-0.25, -0.2) is 4.98 Å². The molecule has 0 fully saturated rings. The minimum Gasteiger partial charge on any atom is -0.419 e. The summed E-state index contributed by atoms with van der Waals surface area (Å²) in [4.78, 5) is 7.87. The fourth-order valence-corrected chi connectivity index (χ4v) is 1.17. The Morgan fingerprint density at radius 3 is 2.60 bits per heavy atom. The van der Waals surface area contributed by atoms with Crippen molar-refractivity contribution in [3.8, 4) is 11.8 Å². The third-order valence-electron chi connectivity index (χ3n) is 1.74. The van der Waals surface area contributed by atoms with Crippen LogP contribution in [0.4, 0.5) is 5.95 Å². The third kappa shape index (κ3) is 2.22. The van der Waals surface area contributed by atoms with Gasteiger partial charge in [-0.1, -0.05) is 0 Å². The number of anilines is 1. The van der Waals surface area contributed by atoms with Crippen LogP contribution in [0.15, 0.2) is 12.1 Å². The molecular formula is C9H11N5O. The van der Waals surface area contributed by atoms with Crippen molar-refractivity contribution in [2.24, 2.45) is 0 Å². The molecule has 0 saturated carbocycles. The second kappa shape index (κ2) is 3.56. The summed E-state index contributed by atoms with van der Waals surface area (Å²) in [6.45, 7) is 3.71. The van der Waals surface area contributed by atoms with Crippen LogP contribution < -0.4 is 10.5 Å². The van der Waals surface area contributed by atoms with Gasteiger partial charge in [-0.3, -0.25) is 5.10 Å². The van der Waals surface area contributed by atoms with Crippen LogP contribution in [-0.2, 0) is 0 Å². The number of rotatable bonds is 2. The van der Waals surface area contributed by atoms with E-state index < -0.39 is 0 Å². The molecule has 2 aromatic heterocycles. The summed E-state index contributed by atoms with van der Waals surface area (Å²) in [5, 5.41) is 6.69. The number of nitrogens with zero attached hydrogens (tertiary/aromatic N) is 3. The zero-order valence-electron chi connectivity index (χ0n) is 8.48. The number of ether oxygens (including phenoxy) is 1. The van der Waals surface area contributed by atoms with E-state index in [-0.39, 0.29) is 5.95 Å². The number of aromatic amines is 1. The summed E-state index contributed by atoms with van der Waals surface area (Å²) >= 11 is 0.